The van der Waals surface area contributed by atoms with Crippen molar-refractivity contribution in [3.8, 4) is 0 Å². The second-order valence-electron chi connectivity index (χ2n) is 4.63. The monoisotopic (exact) mass is 202 g/mol. The standard InChI is InChI=1S/C10H22N2O2/c1-9(2,14-5)6-7-12-10(3,4)8(11)13/h12H,6-7H2,1-5H3,(H2,11,13). The Balaban J connectivity index is 3.91. The Bertz CT molecular complexity index is 200. The fourth-order valence-corrected chi connectivity index (χ4v) is 0.865. The molecule has 0 radical (unpaired) electrons. The van der Waals surface area contributed by atoms with Crippen LogP contribution in [0.1, 0.15) is 34.1 Å². The maximum Gasteiger partial charge on any atom is 0.237 e. The molecule has 0 bridgehead atoms. The molecule has 3 N–H and O–H groups in total. The highest BCUT2D eigenvalue weighted by Gasteiger charge is 2.25. The van der Waals surface area contributed by atoms with Crippen LogP contribution >= 0.6 is 0 Å². The van der Waals surface area contributed by atoms with Crippen molar-refractivity contribution in [2.24, 2.45) is 5.73 Å². The smallest absolute Gasteiger partial charge is 0.237 e. The van der Waals surface area contributed by atoms with E-state index < -0.39 is 5.54 Å². The van der Waals surface area contributed by atoms with Crippen LogP contribution < -0.4 is 11.1 Å². The van der Waals surface area contributed by atoms with Gasteiger partial charge in [0, 0.05) is 7.11 Å². The maximum atomic E-state index is 11.0. The first kappa shape index (κ1) is 13.4. The van der Waals surface area contributed by atoms with Crippen LogP contribution in [0.5, 0.6) is 0 Å². The van der Waals surface area contributed by atoms with Crippen molar-refractivity contribution in [3.63, 3.8) is 0 Å². The Hall–Kier alpha value is -0.610. The predicted octanol–water partition coefficient (Wildman–Crippen LogP) is 0.655. The normalized spacial score (nSPS) is 12.9. The molecule has 0 aromatic heterocycles. The van der Waals surface area contributed by atoms with Gasteiger partial charge in [0.25, 0.3) is 0 Å². The van der Waals surface area contributed by atoms with Crippen LogP contribution in [-0.4, -0.2) is 30.7 Å². The molecule has 0 unspecified atom stereocenters. The van der Waals surface area contributed by atoms with E-state index in [9.17, 15) is 4.79 Å². The van der Waals surface area contributed by atoms with Crippen LogP contribution in [0.2, 0.25) is 0 Å². The number of carbonyl (C=O) groups is 1. The van der Waals surface area contributed by atoms with Gasteiger partial charge in [-0.1, -0.05) is 0 Å². The first-order chi connectivity index (χ1) is 6.21. The fraction of sp³-hybridized carbons (Fsp3) is 0.900. The molecule has 4 heteroatoms. The molecule has 0 aliphatic heterocycles. The number of amides is 1. The second-order valence-corrected chi connectivity index (χ2v) is 4.63. The zero-order valence-corrected chi connectivity index (χ0v) is 9.81. The Morgan fingerprint density at radius 2 is 1.86 bits per heavy atom. The van der Waals surface area contributed by atoms with Gasteiger partial charge in [-0.3, -0.25) is 4.79 Å². The van der Waals surface area contributed by atoms with Gasteiger partial charge in [-0.25, -0.2) is 0 Å². The Labute approximate surface area is 86.2 Å². The zero-order chi connectivity index (χ0) is 11.4. The van der Waals surface area contributed by atoms with Crippen molar-refractivity contribution >= 4 is 5.91 Å². The van der Waals surface area contributed by atoms with E-state index >= 15 is 0 Å². The van der Waals surface area contributed by atoms with E-state index in [1.54, 1.807) is 21.0 Å². The first-order valence-electron chi connectivity index (χ1n) is 4.81. The third-order valence-corrected chi connectivity index (χ3v) is 2.46. The number of carbonyl (C=O) groups excluding carboxylic acids is 1. The highest BCUT2D eigenvalue weighted by Crippen LogP contribution is 2.12. The van der Waals surface area contributed by atoms with Gasteiger partial charge >= 0.3 is 0 Å². The molecular formula is C10H22N2O2. The first-order valence-corrected chi connectivity index (χ1v) is 4.81. The number of primary amides is 1. The minimum Gasteiger partial charge on any atom is -0.379 e. The molecule has 14 heavy (non-hydrogen) atoms. The number of hydrogen-bond donors (Lipinski definition) is 2. The van der Waals surface area contributed by atoms with Crippen molar-refractivity contribution in [3.05, 3.63) is 0 Å². The van der Waals surface area contributed by atoms with Crippen LogP contribution in [0.4, 0.5) is 0 Å². The number of ether oxygens (including phenoxy) is 1. The summed E-state index contributed by atoms with van der Waals surface area (Å²) in [5, 5.41) is 3.09. The number of hydrogen-bond acceptors (Lipinski definition) is 3. The summed E-state index contributed by atoms with van der Waals surface area (Å²) in [4.78, 5) is 11.0. The predicted molar refractivity (Wildman–Crippen MR) is 57.0 cm³/mol. The highest BCUT2D eigenvalue weighted by atomic mass is 16.5. The fourth-order valence-electron chi connectivity index (χ4n) is 0.865. The highest BCUT2D eigenvalue weighted by molar-refractivity contribution is 5.83. The van der Waals surface area contributed by atoms with E-state index in [2.05, 4.69) is 5.32 Å². The van der Waals surface area contributed by atoms with Gasteiger partial charge in [0.15, 0.2) is 0 Å². The van der Waals surface area contributed by atoms with Crippen molar-refractivity contribution < 1.29 is 9.53 Å². The van der Waals surface area contributed by atoms with Crippen molar-refractivity contribution in [2.45, 2.75) is 45.3 Å². The van der Waals surface area contributed by atoms with Gasteiger partial charge in [-0.2, -0.15) is 0 Å². The molecule has 1 amide bonds. The molecule has 0 aliphatic rings. The summed E-state index contributed by atoms with van der Waals surface area (Å²) in [6.07, 6.45) is 0.834. The van der Waals surface area contributed by atoms with Crippen LogP contribution in [0.3, 0.4) is 0 Å². The summed E-state index contributed by atoms with van der Waals surface area (Å²) in [6, 6.07) is 0. The summed E-state index contributed by atoms with van der Waals surface area (Å²) in [7, 11) is 1.68. The number of nitrogens with two attached hydrogens (primary N) is 1. The summed E-state index contributed by atoms with van der Waals surface area (Å²) in [6.45, 7) is 8.26. The number of methoxy groups -OCH3 is 1. The van der Waals surface area contributed by atoms with Gasteiger partial charge in [0.05, 0.1) is 11.1 Å². The lowest BCUT2D eigenvalue weighted by Crippen LogP contribution is -2.51. The van der Waals surface area contributed by atoms with Crippen LogP contribution in [0.25, 0.3) is 0 Å². The summed E-state index contributed by atoms with van der Waals surface area (Å²) >= 11 is 0. The number of nitrogens with one attached hydrogen (secondary N) is 1. The minimum atomic E-state index is -0.649. The lowest BCUT2D eigenvalue weighted by atomic mass is 10.0. The lowest BCUT2D eigenvalue weighted by molar-refractivity contribution is -0.123. The van der Waals surface area contributed by atoms with E-state index in [0.29, 0.717) is 6.54 Å². The molecule has 0 aliphatic carbocycles. The molecule has 0 atom stereocenters. The molecule has 0 saturated carbocycles. The van der Waals surface area contributed by atoms with Crippen LogP contribution in [0.15, 0.2) is 0 Å². The molecule has 0 spiro atoms. The molecule has 0 aromatic carbocycles. The molecule has 0 rings (SSSR count). The largest absolute Gasteiger partial charge is 0.379 e. The molecule has 0 fully saturated rings. The van der Waals surface area contributed by atoms with Gasteiger partial charge < -0.3 is 15.8 Å². The van der Waals surface area contributed by atoms with Gasteiger partial charge in [0.2, 0.25) is 5.91 Å². The van der Waals surface area contributed by atoms with Crippen LogP contribution in [0, 0.1) is 0 Å². The van der Waals surface area contributed by atoms with Crippen molar-refractivity contribution in [1.82, 2.24) is 5.32 Å². The average molecular weight is 202 g/mol. The molecule has 4 nitrogen and oxygen atoms in total. The van der Waals surface area contributed by atoms with E-state index in [1.807, 2.05) is 13.8 Å². The lowest BCUT2D eigenvalue weighted by Gasteiger charge is -2.27. The molecular weight excluding hydrogens is 180 g/mol. The van der Waals surface area contributed by atoms with Gasteiger partial charge in [-0.15, -0.1) is 0 Å². The third kappa shape index (κ3) is 4.58. The van der Waals surface area contributed by atoms with Gasteiger partial charge in [0.1, 0.15) is 0 Å². The van der Waals surface area contributed by atoms with E-state index in [1.165, 1.54) is 0 Å². The maximum absolute atomic E-state index is 11.0. The number of rotatable bonds is 6. The summed E-state index contributed by atoms with van der Waals surface area (Å²) in [5.41, 5.74) is 4.40. The topological polar surface area (TPSA) is 64.3 Å². The van der Waals surface area contributed by atoms with E-state index in [0.717, 1.165) is 6.42 Å². The zero-order valence-electron chi connectivity index (χ0n) is 9.81. The molecule has 0 saturated heterocycles. The Kier molecular flexibility index (Phi) is 4.55. The minimum absolute atomic E-state index is 0.166. The Morgan fingerprint density at radius 3 is 2.21 bits per heavy atom. The summed E-state index contributed by atoms with van der Waals surface area (Å²) in [5.74, 6) is -0.340. The molecule has 0 heterocycles. The second kappa shape index (κ2) is 4.75. The van der Waals surface area contributed by atoms with Gasteiger partial charge in [-0.05, 0) is 40.7 Å². The average Bonchev–Trinajstić information content (AvgIpc) is 2.03. The van der Waals surface area contributed by atoms with Crippen molar-refractivity contribution in [2.75, 3.05) is 13.7 Å². The van der Waals surface area contributed by atoms with Crippen molar-refractivity contribution in [1.29, 1.82) is 0 Å². The van der Waals surface area contributed by atoms with Crippen LogP contribution in [-0.2, 0) is 9.53 Å². The Morgan fingerprint density at radius 1 is 1.36 bits per heavy atom. The third-order valence-electron chi connectivity index (χ3n) is 2.46. The quantitative estimate of drug-likeness (QED) is 0.665. The molecule has 0 aromatic rings. The SMILES string of the molecule is COC(C)(C)CCNC(C)(C)C(N)=O. The van der Waals surface area contributed by atoms with E-state index in [4.69, 9.17) is 10.5 Å². The van der Waals surface area contributed by atoms with E-state index in [-0.39, 0.29) is 11.5 Å². The molecule has 84 valence electrons. The summed E-state index contributed by atoms with van der Waals surface area (Å²) < 4.78 is 5.26.